The summed E-state index contributed by atoms with van der Waals surface area (Å²) in [5.74, 6) is 0. The Labute approximate surface area is 94.8 Å². The fraction of sp³-hybridized carbons (Fsp3) is 0.636. The van der Waals surface area contributed by atoms with Crippen molar-refractivity contribution in [1.82, 2.24) is 5.32 Å². The van der Waals surface area contributed by atoms with Gasteiger partial charge in [-0.3, -0.25) is 0 Å². The van der Waals surface area contributed by atoms with E-state index < -0.39 is 5.41 Å². The SMILES string of the molecule is CC(NCC(C)(CO)CO)c1cccs1. The van der Waals surface area contributed by atoms with Crippen molar-refractivity contribution in [3.05, 3.63) is 22.4 Å². The Balaban J connectivity index is 2.43. The second-order valence-electron chi connectivity index (χ2n) is 4.24. The van der Waals surface area contributed by atoms with Crippen molar-refractivity contribution in [2.45, 2.75) is 19.9 Å². The highest BCUT2D eigenvalue weighted by molar-refractivity contribution is 7.10. The second kappa shape index (κ2) is 5.61. The number of hydrogen-bond acceptors (Lipinski definition) is 4. The molecule has 0 saturated carbocycles. The molecule has 3 nitrogen and oxygen atoms in total. The summed E-state index contributed by atoms with van der Waals surface area (Å²) in [6.07, 6.45) is 0. The van der Waals surface area contributed by atoms with Gasteiger partial charge in [0.2, 0.25) is 0 Å². The van der Waals surface area contributed by atoms with Crippen LogP contribution in [0.5, 0.6) is 0 Å². The van der Waals surface area contributed by atoms with E-state index >= 15 is 0 Å². The number of thiophene rings is 1. The van der Waals surface area contributed by atoms with Crippen LogP contribution in [0.15, 0.2) is 17.5 Å². The van der Waals surface area contributed by atoms with Gasteiger partial charge in [-0.05, 0) is 18.4 Å². The molecule has 86 valence electrons. The summed E-state index contributed by atoms with van der Waals surface area (Å²) in [6, 6.07) is 4.37. The van der Waals surface area contributed by atoms with E-state index in [0.29, 0.717) is 6.54 Å². The Morgan fingerprint density at radius 2 is 2.13 bits per heavy atom. The molecule has 15 heavy (non-hydrogen) atoms. The van der Waals surface area contributed by atoms with Gasteiger partial charge in [0.05, 0.1) is 13.2 Å². The Hall–Kier alpha value is -0.420. The highest BCUT2D eigenvalue weighted by Gasteiger charge is 2.23. The summed E-state index contributed by atoms with van der Waals surface area (Å²) in [5.41, 5.74) is -0.439. The lowest BCUT2D eigenvalue weighted by molar-refractivity contribution is 0.0678. The third-order valence-electron chi connectivity index (χ3n) is 2.57. The number of hydrogen-bond donors (Lipinski definition) is 3. The standard InChI is InChI=1S/C11H19NO2S/c1-9(10-4-3-5-15-10)12-6-11(2,7-13)8-14/h3-5,9,12-14H,6-8H2,1-2H3. The molecule has 0 spiro atoms. The highest BCUT2D eigenvalue weighted by Crippen LogP contribution is 2.20. The average Bonchev–Trinajstić information content (AvgIpc) is 2.79. The minimum absolute atomic E-state index is 0.00629. The van der Waals surface area contributed by atoms with Crippen molar-refractivity contribution < 1.29 is 10.2 Å². The molecule has 0 aliphatic heterocycles. The number of rotatable bonds is 6. The Bertz CT molecular complexity index is 270. The first kappa shape index (κ1) is 12.6. The first-order valence-electron chi connectivity index (χ1n) is 5.10. The zero-order valence-corrected chi connectivity index (χ0v) is 10.0. The van der Waals surface area contributed by atoms with E-state index in [4.69, 9.17) is 10.2 Å². The molecule has 1 unspecified atom stereocenters. The Morgan fingerprint density at radius 3 is 2.60 bits per heavy atom. The Kier molecular flexibility index (Phi) is 4.73. The van der Waals surface area contributed by atoms with Gasteiger partial charge in [-0.1, -0.05) is 13.0 Å². The van der Waals surface area contributed by atoms with Crippen molar-refractivity contribution >= 4 is 11.3 Å². The summed E-state index contributed by atoms with van der Waals surface area (Å²) in [6.45, 7) is 4.54. The third-order valence-corrected chi connectivity index (χ3v) is 3.62. The predicted molar refractivity (Wildman–Crippen MR) is 63.0 cm³/mol. The lowest BCUT2D eigenvalue weighted by Gasteiger charge is -2.26. The lowest BCUT2D eigenvalue weighted by atomic mass is 9.93. The quantitative estimate of drug-likeness (QED) is 0.691. The maximum absolute atomic E-state index is 9.13. The molecule has 0 aliphatic rings. The van der Waals surface area contributed by atoms with E-state index in [1.807, 2.05) is 18.4 Å². The summed E-state index contributed by atoms with van der Waals surface area (Å²) in [4.78, 5) is 1.27. The van der Waals surface area contributed by atoms with E-state index in [0.717, 1.165) is 0 Å². The maximum atomic E-state index is 9.13. The largest absolute Gasteiger partial charge is 0.396 e. The molecule has 0 bridgehead atoms. The van der Waals surface area contributed by atoms with Crippen molar-refractivity contribution in [3.63, 3.8) is 0 Å². The van der Waals surface area contributed by atoms with Crippen LogP contribution in [0.2, 0.25) is 0 Å². The average molecular weight is 229 g/mol. The van der Waals surface area contributed by atoms with E-state index in [2.05, 4.69) is 18.3 Å². The predicted octanol–water partition coefficient (Wildman–Crippen LogP) is 1.39. The normalized spacial score (nSPS) is 14.1. The minimum Gasteiger partial charge on any atom is -0.396 e. The van der Waals surface area contributed by atoms with Crippen molar-refractivity contribution in [2.24, 2.45) is 5.41 Å². The minimum atomic E-state index is -0.439. The van der Waals surface area contributed by atoms with Crippen LogP contribution in [-0.4, -0.2) is 30.0 Å². The van der Waals surface area contributed by atoms with Crippen molar-refractivity contribution in [3.8, 4) is 0 Å². The van der Waals surface area contributed by atoms with Crippen LogP contribution in [0.3, 0.4) is 0 Å². The van der Waals surface area contributed by atoms with Gasteiger partial charge < -0.3 is 15.5 Å². The molecule has 0 fully saturated rings. The smallest absolute Gasteiger partial charge is 0.0519 e. The van der Waals surface area contributed by atoms with Gasteiger partial charge in [0.15, 0.2) is 0 Å². The summed E-state index contributed by atoms with van der Waals surface area (Å²) in [7, 11) is 0. The van der Waals surface area contributed by atoms with E-state index in [1.54, 1.807) is 11.3 Å². The second-order valence-corrected chi connectivity index (χ2v) is 5.22. The lowest BCUT2D eigenvalue weighted by Crippen LogP contribution is -2.38. The van der Waals surface area contributed by atoms with Crippen molar-refractivity contribution in [2.75, 3.05) is 19.8 Å². The zero-order valence-electron chi connectivity index (χ0n) is 9.23. The van der Waals surface area contributed by atoms with Crippen LogP contribution in [0.25, 0.3) is 0 Å². The van der Waals surface area contributed by atoms with E-state index in [-0.39, 0.29) is 19.3 Å². The summed E-state index contributed by atoms with van der Waals surface area (Å²) >= 11 is 1.71. The molecule has 1 atom stereocenters. The van der Waals surface area contributed by atoms with Gasteiger partial charge in [0.1, 0.15) is 0 Å². The zero-order chi connectivity index (χ0) is 11.3. The van der Waals surface area contributed by atoms with Crippen molar-refractivity contribution in [1.29, 1.82) is 0 Å². The Morgan fingerprint density at radius 1 is 1.47 bits per heavy atom. The molecule has 4 heteroatoms. The number of aliphatic hydroxyl groups excluding tert-OH is 2. The fourth-order valence-electron chi connectivity index (χ4n) is 1.20. The topological polar surface area (TPSA) is 52.5 Å². The molecule has 1 rings (SSSR count). The molecule has 0 aromatic carbocycles. The van der Waals surface area contributed by atoms with Crippen LogP contribution < -0.4 is 5.32 Å². The molecule has 3 N–H and O–H groups in total. The number of nitrogens with one attached hydrogen (secondary N) is 1. The van der Waals surface area contributed by atoms with Crippen LogP contribution >= 0.6 is 11.3 Å². The molecule has 1 aromatic heterocycles. The maximum Gasteiger partial charge on any atom is 0.0519 e. The van der Waals surface area contributed by atoms with Crippen LogP contribution in [0.4, 0.5) is 0 Å². The van der Waals surface area contributed by atoms with Gasteiger partial charge in [-0.15, -0.1) is 11.3 Å². The van der Waals surface area contributed by atoms with Gasteiger partial charge in [-0.2, -0.15) is 0 Å². The molecule has 0 saturated heterocycles. The first-order valence-corrected chi connectivity index (χ1v) is 5.98. The summed E-state index contributed by atoms with van der Waals surface area (Å²) < 4.78 is 0. The monoisotopic (exact) mass is 229 g/mol. The van der Waals surface area contributed by atoms with E-state index in [1.165, 1.54) is 4.88 Å². The molecular weight excluding hydrogens is 210 g/mol. The molecule has 0 amide bonds. The molecule has 1 aromatic rings. The third kappa shape index (κ3) is 3.57. The van der Waals surface area contributed by atoms with Crippen LogP contribution in [0.1, 0.15) is 24.8 Å². The van der Waals surface area contributed by atoms with Crippen LogP contribution in [0, 0.1) is 5.41 Å². The van der Waals surface area contributed by atoms with E-state index in [9.17, 15) is 0 Å². The van der Waals surface area contributed by atoms with Gasteiger partial charge >= 0.3 is 0 Å². The molecular formula is C11H19NO2S. The molecule has 0 aliphatic carbocycles. The van der Waals surface area contributed by atoms with Gasteiger partial charge in [0.25, 0.3) is 0 Å². The van der Waals surface area contributed by atoms with Gasteiger partial charge in [0, 0.05) is 22.9 Å². The van der Waals surface area contributed by atoms with Gasteiger partial charge in [-0.25, -0.2) is 0 Å². The molecule has 0 radical (unpaired) electrons. The highest BCUT2D eigenvalue weighted by atomic mass is 32.1. The fourth-order valence-corrected chi connectivity index (χ4v) is 1.96. The number of aliphatic hydroxyl groups is 2. The van der Waals surface area contributed by atoms with Crippen LogP contribution in [-0.2, 0) is 0 Å². The first-order chi connectivity index (χ1) is 7.11. The molecule has 1 heterocycles. The summed E-state index contributed by atoms with van der Waals surface area (Å²) in [5, 5.41) is 23.6.